The van der Waals surface area contributed by atoms with Crippen LogP contribution < -0.4 is 9.62 Å². The summed E-state index contributed by atoms with van der Waals surface area (Å²) < 4.78 is 68.5. The first-order valence-corrected chi connectivity index (χ1v) is 12.8. The van der Waals surface area contributed by atoms with Crippen molar-refractivity contribution in [3.05, 3.63) is 83.4 Å². The SMILES string of the molecule is CN(c1ccccc1)S(=O)(=O)c1ccc(NC(=O)c2ccc3c(c2)CCCS3)cc1C(F)(F)F. The molecule has 1 aliphatic rings. The molecule has 0 unspecified atom stereocenters. The van der Waals surface area contributed by atoms with Crippen molar-refractivity contribution >= 4 is 39.1 Å². The Balaban J connectivity index is 1.65. The molecule has 1 heterocycles. The molecule has 0 fully saturated rings. The monoisotopic (exact) mass is 506 g/mol. The minimum absolute atomic E-state index is 0.147. The van der Waals surface area contributed by atoms with Crippen molar-refractivity contribution < 1.29 is 26.4 Å². The van der Waals surface area contributed by atoms with Crippen LogP contribution in [-0.4, -0.2) is 27.1 Å². The molecule has 0 saturated heterocycles. The number of hydrogen-bond acceptors (Lipinski definition) is 4. The van der Waals surface area contributed by atoms with Gasteiger partial charge >= 0.3 is 6.18 Å². The molecular formula is C24H21F3N2O3S2. The van der Waals surface area contributed by atoms with Crippen LogP contribution in [0, 0.1) is 0 Å². The number of fused-ring (bicyclic) bond motifs is 1. The van der Waals surface area contributed by atoms with Crippen LogP contribution in [0.3, 0.4) is 0 Å². The van der Waals surface area contributed by atoms with Gasteiger partial charge in [-0.2, -0.15) is 13.2 Å². The Morgan fingerprint density at radius 1 is 1.03 bits per heavy atom. The van der Waals surface area contributed by atoms with Gasteiger partial charge < -0.3 is 5.32 Å². The first-order valence-electron chi connectivity index (χ1n) is 10.4. The molecule has 4 rings (SSSR count). The molecule has 34 heavy (non-hydrogen) atoms. The number of para-hydroxylation sites is 1. The summed E-state index contributed by atoms with van der Waals surface area (Å²) in [5.74, 6) is 0.441. The van der Waals surface area contributed by atoms with E-state index >= 15 is 0 Å². The average Bonchev–Trinajstić information content (AvgIpc) is 2.83. The normalized spacial score (nSPS) is 13.8. The standard InChI is InChI=1S/C24H21F3N2O3S2/c1-29(19-7-3-2-4-8-19)34(31,32)22-12-10-18(15-20(22)24(25,26)27)28-23(30)17-9-11-21-16(14-17)6-5-13-33-21/h2-4,7-12,14-15H,5-6,13H2,1H3,(H,28,30). The van der Waals surface area contributed by atoms with Gasteiger partial charge in [-0.05, 0) is 72.7 Å². The zero-order chi connectivity index (χ0) is 24.5. The molecular weight excluding hydrogens is 485 g/mol. The predicted molar refractivity (Wildman–Crippen MR) is 127 cm³/mol. The van der Waals surface area contributed by atoms with Gasteiger partial charge in [0.2, 0.25) is 0 Å². The van der Waals surface area contributed by atoms with Gasteiger partial charge in [-0.1, -0.05) is 18.2 Å². The summed E-state index contributed by atoms with van der Waals surface area (Å²) in [6, 6.07) is 15.7. The highest BCUT2D eigenvalue weighted by atomic mass is 32.2. The molecule has 3 aromatic rings. The number of nitrogens with zero attached hydrogens (tertiary/aromatic N) is 1. The molecule has 0 radical (unpaired) electrons. The molecule has 0 bridgehead atoms. The summed E-state index contributed by atoms with van der Waals surface area (Å²) in [5, 5.41) is 2.46. The number of carbonyl (C=O) groups excluding carboxylic acids is 1. The van der Waals surface area contributed by atoms with Crippen molar-refractivity contribution in [2.24, 2.45) is 0 Å². The van der Waals surface area contributed by atoms with Gasteiger partial charge in [-0.3, -0.25) is 9.10 Å². The Hall–Kier alpha value is -2.98. The van der Waals surface area contributed by atoms with Crippen LogP contribution in [0.5, 0.6) is 0 Å². The Bertz CT molecular complexity index is 1330. The maximum atomic E-state index is 13.9. The topological polar surface area (TPSA) is 66.5 Å². The molecule has 178 valence electrons. The average molecular weight is 507 g/mol. The fourth-order valence-electron chi connectivity index (χ4n) is 3.68. The third-order valence-electron chi connectivity index (χ3n) is 5.47. The number of rotatable bonds is 5. The number of aryl methyl sites for hydroxylation is 1. The van der Waals surface area contributed by atoms with Crippen molar-refractivity contribution in [3.63, 3.8) is 0 Å². The highest BCUT2D eigenvalue weighted by Gasteiger charge is 2.39. The Kier molecular flexibility index (Phi) is 6.64. The van der Waals surface area contributed by atoms with Gasteiger partial charge in [0.05, 0.1) is 16.1 Å². The summed E-state index contributed by atoms with van der Waals surface area (Å²) in [6.45, 7) is 0. The third-order valence-corrected chi connectivity index (χ3v) is 8.52. The number of carbonyl (C=O) groups is 1. The van der Waals surface area contributed by atoms with Gasteiger partial charge in [0, 0.05) is 23.2 Å². The van der Waals surface area contributed by atoms with Crippen molar-refractivity contribution in [2.45, 2.75) is 28.8 Å². The summed E-state index contributed by atoms with van der Waals surface area (Å²) in [6.07, 6.45) is -3.13. The van der Waals surface area contributed by atoms with E-state index in [1.54, 1.807) is 42.1 Å². The van der Waals surface area contributed by atoms with E-state index in [0.717, 1.165) is 45.5 Å². The summed E-state index contributed by atoms with van der Waals surface area (Å²) in [7, 11) is -3.33. The highest BCUT2D eigenvalue weighted by molar-refractivity contribution is 7.99. The molecule has 10 heteroatoms. The van der Waals surface area contributed by atoms with Crippen LogP contribution in [-0.2, 0) is 22.6 Å². The molecule has 0 aliphatic carbocycles. The number of hydrogen-bond donors (Lipinski definition) is 1. The lowest BCUT2D eigenvalue weighted by atomic mass is 10.1. The summed E-state index contributed by atoms with van der Waals surface area (Å²) >= 11 is 1.70. The van der Waals surface area contributed by atoms with E-state index in [1.165, 1.54) is 19.2 Å². The number of nitrogens with one attached hydrogen (secondary N) is 1. The second kappa shape index (κ2) is 9.34. The first kappa shape index (κ1) is 24.2. The highest BCUT2D eigenvalue weighted by Crippen LogP contribution is 2.38. The van der Waals surface area contributed by atoms with E-state index in [2.05, 4.69) is 5.32 Å². The fraction of sp³-hybridized carbons (Fsp3) is 0.208. The molecule has 1 aliphatic heterocycles. The largest absolute Gasteiger partial charge is 0.417 e. The minimum Gasteiger partial charge on any atom is -0.322 e. The van der Waals surface area contributed by atoms with Crippen LogP contribution in [0.1, 0.15) is 27.9 Å². The Morgan fingerprint density at radius 3 is 2.47 bits per heavy atom. The summed E-state index contributed by atoms with van der Waals surface area (Å²) in [4.78, 5) is 12.9. The third kappa shape index (κ3) is 4.92. The zero-order valence-electron chi connectivity index (χ0n) is 18.1. The number of alkyl halides is 3. The molecule has 0 spiro atoms. The van der Waals surface area contributed by atoms with Gasteiger partial charge in [0.25, 0.3) is 15.9 Å². The van der Waals surface area contributed by atoms with Gasteiger partial charge in [0.1, 0.15) is 0 Å². The number of thioether (sulfide) groups is 1. The fourth-order valence-corrected chi connectivity index (χ4v) is 6.09. The second-order valence-electron chi connectivity index (χ2n) is 7.75. The van der Waals surface area contributed by atoms with E-state index in [9.17, 15) is 26.4 Å². The molecule has 3 aromatic carbocycles. The van der Waals surface area contributed by atoms with Crippen molar-refractivity contribution in [2.75, 3.05) is 22.4 Å². The van der Waals surface area contributed by atoms with Gasteiger partial charge in [-0.25, -0.2) is 8.42 Å². The maximum absolute atomic E-state index is 13.9. The van der Waals surface area contributed by atoms with Gasteiger partial charge in [-0.15, -0.1) is 11.8 Å². The van der Waals surface area contributed by atoms with E-state index in [0.29, 0.717) is 11.6 Å². The molecule has 0 atom stereocenters. The zero-order valence-corrected chi connectivity index (χ0v) is 19.7. The maximum Gasteiger partial charge on any atom is 0.417 e. The molecule has 0 saturated carbocycles. The van der Waals surface area contributed by atoms with Crippen molar-refractivity contribution in [1.82, 2.24) is 0 Å². The van der Waals surface area contributed by atoms with Crippen LogP contribution in [0.25, 0.3) is 0 Å². The number of amides is 1. The van der Waals surface area contributed by atoms with Crippen molar-refractivity contribution in [3.8, 4) is 0 Å². The predicted octanol–water partition coefficient (Wildman–Crippen LogP) is 5.82. The van der Waals surface area contributed by atoms with Crippen LogP contribution in [0.2, 0.25) is 0 Å². The molecule has 0 aromatic heterocycles. The minimum atomic E-state index is -4.95. The molecule has 1 N–H and O–H groups in total. The lowest BCUT2D eigenvalue weighted by molar-refractivity contribution is -0.139. The smallest absolute Gasteiger partial charge is 0.322 e. The quantitative estimate of drug-likeness (QED) is 0.474. The summed E-state index contributed by atoms with van der Waals surface area (Å²) in [5.41, 5.74) is 0.0832. The number of anilines is 2. The lowest BCUT2D eigenvalue weighted by Gasteiger charge is -2.22. The number of benzene rings is 3. The van der Waals surface area contributed by atoms with E-state index < -0.39 is 32.6 Å². The van der Waals surface area contributed by atoms with Gasteiger partial charge in [0.15, 0.2) is 0 Å². The molecule has 1 amide bonds. The van der Waals surface area contributed by atoms with Crippen LogP contribution in [0.15, 0.2) is 76.5 Å². The van der Waals surface area contributed by atoms with E-state index in [1.807, 2.05) is 6.07 Å². The Morgan fingerprint density at radius 2 is 1.76 bits per heavy atom. The van der Waals surface area contributed by atoms with E-state index in [4.69, 9.17) is 0 Å². The van der Waals surface area contributed by atoms with Crippen LogP contribution in [0.4, 0.5) is 24.5 Å². The van der Waals surface area contributed by atoms with Crippen LogP contribution >= 0.6 is 11.8 Å². The van der Waals surface area contributed by atoms with E-state index in [-0.39, 0.29) is 11.4 Å². The second-order valence-corrected chi connectivity index (χ2v) is 10.8. The first-order chi connectivity index (χ1) is 16.1. The Labute approximate surface area is 200 Å². The molecule has 5 nitrogen and oxygen atoms in total. The lowest BCUT2D eigenvalue weighted by Crippen LogP contribution is -2.29. The van der Waals surface area contributed by atoms with Crippen molar-refractivity contribution in [1.29, 1.82) is 0 Å². The number of halogens is 3. The number of sulfonamides is 1.